The summed E-state index contributed by atoms with van der Waals surface area (Å²) in [5.74, 6) is 0. The van der Waals surface area contributed by atoms with Crippen LogP contribution < -0.4 is 5.32 Å². The smallest absolute Gasteiger partial charge is 0.187 e. The summed E-state index contributed by atoms with van der Waals surface area (Å²) in [6, 6.07) is 2.43. The lowest BCUT2D eigenvalue weighted by Gasteiger charge is -2.34. The second-order valence-corrected chi connectivity index (χ2v) is 6.09. The minimum atomic E-state index is -0.361. The largest absolute Gasteiger partial charge is 0.302 e. The van der Waals surface area contributed by atoms with Crippen LogP contribution in [0.2, 0.25) is 0 Å². The zero-order valence-electron chi connectivity index (χ0n) is 10.8. The number of rotatable bonds is 3. The van der Waals surface area contributed by atoms with Gasteiger partial charge in [-0.2, -0.15) is 5.26 Å². The number of nitrogens with zero attached hydrogens (tertiary/aromatic N) is 3. The average molecular weight is 262 g/mol. The van der Waals surface area contributed by atoms with Crippen LogP contribution in [0.25, 0.3) is 0 Å². The third-order valence-electron chi connectivity index (χ3n) is 3.43. The predicted molar refractivity (Wildman–Crippen MR) is 72.3 cm³/mol. The molecule has 4 nitrogen and oxygen atoms in total. The molecule has 0 spiro atoms. The molecule has 2 atom stereocenters. The van der Waals surface area contributed by atoms with E-state index < -0.39 is 0 Å². The number of aryl methyl sites for hydroxylation is 1. The summed E-state index contributed by atoms with van der Waals surface area (Å²) in [5, 5.41) is 13.7. The molecule has 5 heteroatoms. The Bertz CT molecular complexity index is 439. The molecule has 0 radical (unpaired) electrons. The van der Waals surface area contributed by atoms with Gasteiger partial charge >= 0.3 is 0 Å². The van der Waals surface area contributed by atoms with Gasteiger partial charge in [-0.05, 0) is 45.2 Å². The summed E-state index contributed by atoms with van der Waals surface area (Å²) < 4.78 is 0. The van der Waals surface area contributed by atoms with Crippen LogP contribution in [0.3, 0.4) is 0 Å². The van der Waals surface area contributed by atoms with Gasteiger partial charge in [0.1, 0.15) is 5.54 Å². The highest BCUT2D eigenvalue weighted by Gasteiger charge is 2.35. The Hall–Kier alpha value is -1.12. The third kappa shape index (κ3) is 3.01. The average Bonchev–Trinajstić information content (AvgIpc) is 2.41. The first-order valence-corrected chi connectivity index (χ1v) is 7.11. The summed E-state index contributed by atoms with van der Waals surface area (Å²) in [6.45, 7) is 1.98. The van der Waals surface area contributed by atoms with Gasteiger partial charge < -0.3 is 5.32 Å². The van der Waals surface area contributed by atoms with E-state index in [1.807, 2.05) is 26.4 Å². The van der Waals surface area contributed by atoms with E-state index in [-0.39, 0.29) is 5.54 Å². The van der Waals surface area contributed by atoms with Gasteiger partial charge in [-0.25, -0.2) is 9.97 Å². The van der Waals surface area contributed by atoms with E-state index in [0.29, 0.717) is 5.25 Å². The Morgan fingerprint density at radius 3 is 2.83 bits per heavy atom. The molecular formula is C13H18N4S. The van der Waals surface area contributed by atoms with E-state index in [0.717, 1.165) is 36.4 Å². The molecule has 1 heterocycles. The fraction of sp³-hybridized carbons (Fsp3) is 0.615. The molecule has 1 saturated carbocycles. The van der Waals surface area contributed by atoms with Gasteiger partial charge in [-0.1, -0.05) is 11.8 Å². The van der Waals surface area contributed by atoms with Crippen LogP contribution in [0.15, 0.2) is 17.6 Å². The molecular weight excluding hydrogens is 244 g/mol. The highest BCUT2D eigenvalue weighted by Crippen LogP contribution is 2.36. The van der Waals surface area contributed by atoms with Crippen LogP contribution in [0.5, 0.6) is 0 Å². The number of thioether (sulfide) groups is 1. The van der Waals surface area contributed by atoms with E-state index in [9.17, 15) is 5.26 Å². The Morgan fingerprint density at radius 1 is 1.50 bits per heavy atom. The monoisotopic (exact) mass is 262 g/mol. The van der Waals surface area contributed by atoms with Gasteiger partial charge in [0.2, 0.25) is 0 Å². The van der Waals surface area contributed by atoms with Crippen molar-refractivity contribution in [1.29, 1.82) is 5.26 Å². The van der Waals surface area contributed by atoms with Crippen LogP contribution in [-0.2, 0) is 0 Å². The Morgan fingerprint density at radius 2 is 2.22 bits per heavy atom. The molecule has 0 bridgehead atoms. The molecule has 2 unspecified atom stereocenters. The first-order valence-electron chi connectivity index (χ1n) is 6.23. The summed E-state index contributed by atoms with van der Waals surface area (Å²) in [4.78, 5) is 8.64. The van der Waals surface area contributed by atoms with E-state index >= 15 is 0 Å². The summed E-state index contributed by atoms with van der Waals surface area (Å²) >= 11 is 1.69. The summed E-state index contributed by atoms with van der Waals surface area (Å²) in [5.41, 5.74) is 0.713. The minimum Gasteiger partial charge on any atom is -0.302 e. The van der Waals surface area contributed by atoms with Crippen molar-refractivity contribution >= 4 is 11.8 Å². The van der Waals surface area contributed by atoms with Crippen LogP contribution in [0.4, 0.5) is 0 Å². The Balaban J connectivity index is 2.02. The van der Waals surface area contributed by atoms with Crippen molar-refractivity contribution < 1.29 is 0 Å². The molecule has 0 aliphatic heterocycles. The van der Waals surface area contributed by atoms with Gasteiger partial charge in [0.25, 0.3) is 0 Å². The van der Waals surface area contributed by atoms with E-state index in [4.69, 9.17) is 0 Å². The fourth-order valence-electron chi connectivity index (χ4n) is 2.30. The van der Waals surface area contributed by atoms with Crippen molar-refractivity contribution in [2.45, 2.75) is 48.6 Å². The van der Waals surface area contributed by atoms with Crippen molar-refractivity contribution in [2.75, 3.05) is 7.05 Å². The molecule has 2 rings (SSSR count). The van der Waals surface area contributed by atoms with Crippen molar-refractivity contribution in [3.05, 3.63) is 18.0 Å². The highest BCUT2D eigenvalue weighted by atomic mass is 32.2. The number of aromatic nitrogens is 2. The number of hydrogen-bond acceptors (Lipinski definition) is 5. The lowest BCUT2D eigenvalue weighted by molar-refractivity contribution is 0.323. The zero-order chi connectivity index (χ0) is 13.0. The van der Waals surface area contributed by atoms with Crippen molar-refractivity contribution in [3.8, 4) is 6.07 Å². The molecule has 1 N–H and O–H groups in total. The van der Waals surface area contributed by atoms with Crippen molar-refractivity contribution in [2.24, 2.45) is 0 Å². The number of hydrogen-bond donors (Lipinski definition) is 1. The fourth-order valence-corrected chi connectivity index (χ4v) is 3.48. The SMILES string of the molecule is CNC1(C#N)CCCC(Sc2ncc(C)cn2)C1. The molecule has 1 aromatic rings. The molecule has 0 saturated heterocycles. The molecule has 1 aromatic heterocycles. The van der Waals surface area contributed by atoms with Crippen LogP contribution in [0.1, 0.15) is 31.2 Å². The van der Waals surface area contributed by atoms with Gasteiger partial charge in [-0.15, -0.1) is 0 Å². The predicted octanol–water partition coefficient (Wildman–Crippen LogP) is 2.30. The van der Waals surface area contributed by atoms with E-state index in [1.54, 1.807) is 11.8 Å². The van der Waals surface area contributed by atoms with Gasteiger partial charge in [0.05, 0.1) is 6.07 Å². The van der Waals surface area contributed by atoms with Gasteiger partial charge in [-0.3, -0.25) is 0 Å². The van der Waals surface area contributed by atoms with Gasteiger partial charge in [0.15, 0.2) is 5.16 Å². The first-order chi connectivity index (χ1) is 8.67. The molecule has 1 aliphatic rings. The highest BCUT2D eigenvalue weighted by molar-refractivity contribution is 7.99. The summed E-state index contributed by atoms with van der Waals surface area (Å²) in [6.07, 6.45) is 7.69. The quantitative estimate of drug-likeness (QED) is 0.847. The maximum absolute atomic E-state index is 9.31. The van der Waals surface area contributed by atoms with Crippen LogP contribution in [-0.4, -0.2) is 27.8 Å². The topological polar surface area (TPSA) is 61.6 Å². The Kier molecular flexibility index (Phi) is 4.20. The molecule has 0 amide bonds. The van der Waals surface area contributed by atoms with Gasteiger partial charge in [0, 0.05) is 17.6 Å². The number of nitrogens with one attached hydrogen (secondary N) is 1. The second-order valence-electron chi connectivity index (χ2n) is 4.82. The van der Waals surface area contributed by atoms with Crippen LogP contribution >= 0.6 is 11.8 Å². The minimum absolute atomic E-state index is 0.361. The standard InChI is InChI=1S/C13H18N4S/c1-10-7-16-12(17-8-10)18-11-4-3-5-13(6-11,9-14)15-2/h7-8,11,15H,3-6H2,1-2H3. The lowest BCUT2D eigenvalue weighted by atomic mass is 9.83. The van der Waals surface area contributed by atoms with Crippen molar-refractivity contribution in [1.82, 2.24) is 15.3 Å². The zero-order valence-corrected chi connectivity index (χ0v) is 11.6. The molecule has 0 aromatic carbocycles. The van der Waals surface area contributed by atoms with E-state index in [1.165, 1.54) is 0 Å². The third-order valence-corrected chi connectivity index (χ3v) is 4.59. The lowest BCUT2D eigenvalue weighted by Crippen LogP contribution is -2.46. The van der Waals surface area contributed by atoms with Crippen molar-refractivity contribution in [3.63, 3.8) is 0 Å². The molecule has 18 heavy (non-hydrogen) atoms. The summed E-state index contributed by atoms with van der Waals surface area (Å²) in [7, 11) is 1.87. The molecule has 1 fully saturated rings. The molecule has 1 aliphatic carbocycles. The van der Waals surface area contributed by atoms with Crippen LogP contribution in [0, 0.1) is 18.3 Å². The normalized spacial score (nSPS) is 27.7. The van der Waals surface area contributed by atoms with E-state index in [2.05, 4.69) is 21.4 Å². The maximum atomic E-state index is 9.31. The first kappa shape index (κ1) is 13.3. The molecule has 96 valence electrons. The maximum Gasteiger partial charge on any atom is 0.187 e. The number of nitriles is 1. The Labute approximate surface area is 112 Å². The second kappa shape index (κ2) is 5.68.